The molecule has 2 rings (SSSR count). The second-order valence-electron chi connectivity index (χ2n) is 3.75. The van der Waals surface area contributed by atoms with Crippen LogP contribution in [0.4, 0.5) is 4.39 Å². The summed E-state index contributed by atoms with van der Waals surface area (Å²) in [4.78, 5) is 15.6. The van der Waals surface area contributed by atoms with Crippen molar-refractivity contribution in [3.05, 3.63) is 28.8 Å². The molecule has 5 heteroatoms. The van der Waals surface area contributed by atoms with E-state index in [1.807, 2.05) is 13.0 Å². The second kappa shape index (κ2) is 4.79. The highest BCUT2D eigenvalue weighted by Crippen LogP contribution is 2.20. The normalized spacial score (nSPS) is 12.3. The summed E-state index contributed by atoms with van der Waals surface area (Å²) >= 11 is 1.34. The van der Waals surface area contributed by atoms with Crippen LogP contribution in [0.5, 0.6) is 0 Å². The van der Waals surface area contributed by atoms with Gasteiger partial charge in [-0.1, -0.05) is 24.3 Å². The van der Waals surface area contributed by atoms with Gasteiger partial charge in [-0.15, -0.1) is 0 Å². The number of benzene rings is 1. The molecule has 17 heavy (non-hydrogen) atoms. The first-order valence-corrected chi connectivity index (χ1v) is 6.28. The molecule has 1 heterocycles. The Morgan fingerprint density at radius 1 is 1.53 bits per heavy atom. The molecule has 0 saturated carbocycles. The van der Waals surface area contributed by atoms with E-state index in [1.165, 1.54) is 24.3 Å². The standard InChI is InChI=1S/C12H13FN2OS/c1-3-7-15-11-9(13)5-4-6-10(11)17-12(15)14-8(2)16/h4-6H,3,7H2,1-2H3. The molecule has 0 fully saturated rings. The fourth-order valence-electron chi connectivity index (χ4n) is 1.74. The van der Waals surface area contributed by atoms with Gasteiger partial charge in [0.15, 0.2) is 4.80 Å². The summed E-state index contributed by atoms with van der Waals surface area (Å²) in [5.74, 6) is -0.529. The Morgan fingerprint density at radius 2 is 2.29 bits per heavy atom. The number of amides is 1. The Kier molecular flexibility index (Phi) is 3.38. The number of carbonyl (C=O) groups is 1. The van der Waals surface area contributed by atoms with E-state index in [0.717, 1.165) is 11.1 Å². The average Bonchev–Trinajstić information content (AvgIpc) is 2.58. The first-order valence-electron chi connectivity index (χ1n) is 5.46. The minimum absolute atomic E-state index is 0.262. The zero-order valence-electron chi connectivity index (χ0n) is 9.74. The lowest BCUT2D eigenvalue weighted by molar-refractivity contribution is -0.116. The number of rotatable bonds is 2. The SMILES string of the molecule is CCCn1c(=NC(C)=O)sc2cccc(F)c21. The van der Waals surface area contributed by atoms with Crippen LogP contribution in [0.15, 0.2) is 23.2 Å². The van der Waals surface area contributed by atoms with Crippen molar-refractivity contribution in [2.75, 3.05) is 0 Å². The summed E-state index contributed by atoms with van der Waals surface area (Å²) in [5.41, 5.74) is 0.541. The zero-order valence-corrected chi connectivity index (χ0v) is 10.6. The summed E-state index contributed by atoms with van der Waals surface area (Å²) in [6.45, 7) is 4.07. The Bertz CT molecular complexity index is 627. The molecule has 2 aromatic rings. The number of halogens is 1. The van der Waals surface area contributed by atoms with Gasteiger partial charge in [0.25, 0.3) is 0 Å². The molecule has 1 amide bonds. The predicted molar refractivity (Wildman–Crippen MR) is 66.3 cm³/mol. The van der Waals surface area contributed by atoms with Crippen molar-refractivity contribution in [3.8, 4) is 0 Å². The monoisotopic (exact) mass is 252 g/mol. The highest BCUT2D eigenvalue weighted by molar-refractivity contribution is 7.16. The van der Waals surface area contributed by atoms with E-state index in [2.05, 4.69) is 4.99 Å². The molecule has 0 bridgehead atoms. The summed E-state index contributed by atoms with van der Waals surface area (Å²) in [5, 5.41) is 0. The van der Waals surface area contributed by atoms with Crippen molar-refractivity contribution in [2.24, 2.45) is 4.99 Å². The third-order valence-electron chi connectivity index (χ3n) is 2.35. The number of nitrogens with zero attached hydrogens (tertiary/aromatic N) is 2. The highest BCUT2D eigenvalue weighted by atomic mass is 32.1. The maximum Gasteiger partial charge on any atom is 0.245 e. The van der Waals surface area contributed by atoms with Gasteiger partial charge in [-0.25, -0.2) is 4.39 Å². The summed E-state index contributed by atoms with van der Waals surface area (Å²) in [6.07, 6.45) is 0.866. The molecule has 0 N–H and O–H groups in total. The minimum Gasteiger partial charge on any atom is -0.314 e. The molecule has 0 spiro atoms. The van der Waals surface area contributed by atoms with E-state index in [-0.39, 0.29) is 11.7 Å². The van der Waals surface area contributed by atoms with Crippen LogP contribution in [-0.4, -0.2) is 10.5 Å². The molecule has 1 aromatic heterocycles. The van der Waals surface area contributed by atoms with Crippen LogP contribution in [0, 0.1) is 5.82 Å². The van der Waals surface area contributed by atoms with Crippen LogP contribution < -0.4 is 4.80 Å². The molecule has 90 valence electrons. The number of carbonyl (C=O) groups excluding carboxylic acids is 1. The lowest BCUT2D eigenvalue weighted by Gasteiger charge is -2.02. The van der Waals surface area contributed by atoms with Crippen molar-refractivity contribution in [1.29, 1.82) is 0 Å². The number of thiazole rings is 1. The summed E-state index contributed by atoms with van der Waals surface area (Å²) in [7, 11) is 0. The Balaban J connectivity index is 2.81. The van der Waals surface area contributed by atoms with Crippen LogP contribution in [-0.2, 0) is 11.3 Å². The van der Waals surface area contributed by atoms with Gasteiger partial charge in [0.05, 0.1) is 10.2 Å². The molecule has 0 aliphatic carbocycles. The van der Waals surface area contributed by atoms with Gasteiger partial charge < -0.3 is 4.57 Å². The van der Waals surface area contributed by atoms with E-state index < -0.39 is 0 Å². The smallest absolute Gasteiger partial charge is 0.245 e. The molecule has 0 aliphatic rings. The van der Waals surface area contributed by atoms with Crippen molar-refractivity contribution < 1.29 is 9.18 Å². The van der Waals surface area contributed by atoms with E-state index in [9.17, 15) is 9.18 Å². The number of aryl methyl sites for hydroxylation is 1. The van der Waals surface area contributed by atoms with E-state index in [1.54, 1.807) is 10.6 Å². The van der Waals surface area contributed by atoms with Crippen molar-refractivity contribution in [1.82, 2.24) is 4.57 Å². The number of para-hydroxylation sites is 1. The molecule has 0 atom stereocenters. The van der Waals surface area contributed by atoms with Crippen LogP contribution in [0.25, 0.3) is 10.2 Å². The topological polar surface area (TPSA) is 34.4 Å². The van der Waals surface area contributed by atoms with E-state index >= 15 is 0 Å². The lowest BCUT2D eigenvalue weighted by atomic mass is 10.3. The second-order valence-corrected chi connectivity index (χ2v) is 4.76. The fraction of sp³-hybridized carbons (Fsp3) is 0.333. The maximum atomic E-state index is 13.8. The van der Waals surface area contributed by atoms with Crippen molar-refractivity contribution in [2.45, 2.75) is 26.8 Å². The number of hydrogen-bond acceptors (Lipinski definition) is 2. The molecule has 0 aliphatic heterocycles. The number of aromatic nitrogens is 1. The van der Waals surface area contributed by atoms with Gasteiger partial charge in [-0.3, -0.25) is 4.79 Å². The quantitative estimate of drug-likeness (QED) is 0.809. The number of fused-ring (bicyclic) bond motifs is 1. The third kappa shape index (κ3) is 2.29. The molecular weight excluding hydrogens is 239 g/mol. The fourth-order valence-corrected chi connectivity index (χ4v) is 2.85. The van der Waals surface area contributed by atoms with Gasteiger partial charge in [-0.05, 0) is 18.6 Å². The zero-order chi connectivity index (χ0) is 12.4. The van der Waals surface area contributed by atoms with Crippen LogP contribution in [0.1, 0.15) is 20.3 Å². The van der Waals surface area contributed by atoms with Crippen LogP contribution in [0.2, 0.25) is 0 Å². The van der Waals surface area contributed by atoms with Gasteiger partial charge in [0.2, 0.25) is 5.91 Å². The van der Waals surface area contributed by atoms with E-state index in [0.29, 0.717) is 16.9 Å². The van der Waals surface area contributed by atoms with Crippen LogP contribution in [0.3, 0.4) is 0 Å². The first-order chi connectivity index (χ1) is 8.13. The van der Waals surface area contributed by atoms with Gasteiger partial charge in [-0.2, -0.15) is 4.99 Å². The summed E-state index contributed by atoms with van der Waals surface area (Å²) < 4.78 is 16.4. The van der Waals surface area contributed by atoms with Gasteiger partial charge in [0, 0.05) is 13.5 Å². The number of hydrogen-bond donors (Lipinski definition) is 0. The van der Waals surface area contributed by atoms with E-state index in [4.69, 9.17) is 0 Å². The average molecular weight is 252 g/mol. The largest absolute Gasteiger partial charge is 0.314 e. The van der Waals surface area contributed by atoms with Crippen molar-refractivity contribution >= 4 is 27.5 Å². The maximum absolute atomic E-state index is 13.8. The lowest BCUT2D eigenvalue weighted by Crippen LogP contribution is -2.16. The summed E-state index contributed by atoms with van der Waals surface area (Å²) in [6, 6.07) is 4.94. The van der Waals surface area contributed by atoms with Gasteiger partial charge in [0.1, 0.15) is 5.82 Å². The molecular formula is C12H13FN2OS. The minimum atomic E-state index is -0.266. The highest BCUT2D eigenvalue weighted by Gasteiger charge is 2.10. The third-order valence-corrected chi connectivity index (χ3v) is 3.40. The molecule has 3 nitrogen and oxygen atoms in total. The molecule has 0 unspecified atom stereocenters. The Labute approximate surface area is 102 Å². The molecule has 1 aromatic carbocycles. The Morgan fingerprint density at radius 3 is 2.94 bits per heavy atom. The van der Waals surface area contributed by atoms with Crippen molar-refractivity contribution in [3.63, 3.8) is 0 Å². The first kappa shape index (κ1) is 12.0. The predicted octanol–water partition coefficient (Wildman–Crippen LogP) is 2.70. The Hall–Kier alpha value is -1.49. The molecule has 0 saturated heterocycles. The molecule has 0 radical (unpaired) electrons. The van der Waals surface area contributed by atoms with Crippen LogP contribution >= 0.6 is 11.3 Å². The van der Waals surface area contributed by atoms with Gasteiger partial charge >= 0.3 is 0 Å².